The van der Waals surface area contributed by atoms with Crippen molar-refractivity contribution >= 4 is 5.91 Å². The lowest BCUT2D eigenvalue weighted by Gasteiger charge is -2.07. The summed E-state index contributed by atoms with van der Waals surface area (Å²) < 4.78 is 23.9. The van der Waals surface area contributed by atoms with Crippen LogP contribution in [0.1, 0.15) is 28.8 Å². The minimum Gasteiger partial charge on any atom is -0.382 e. The molecule has 0 heterocycles. The SMILES string of the molecule is COCCOCCCCNCc1ccc(C(N)=O)cc1F. The second-order valence-corrected chi connectivity index (χ2v) is 4.66. The fraction of sp³-hybridized carbons (Fsp3) is 0.533. The quantitative estimate of drug-likeness (QED) is 0.607. The molecule has 6 heteroatoms. The topological polar surface area (TPSA) is 73.6 Å². The Hall–Kier alpha value is -1.50. The van der Waals surface area contributed by atoms with Crippen LogP contribution >= 0.6 is 0 Å². The van der Waals surface area contributed by atoms with Crippen molar-refractivity contribution < 1.29 is 18.7 Å². The van der Waals surface area contributed by atoms with E-state index < -0.39 is 11.7 Å². The van der Waals surface area contributed by atoms with Crippen molar-refractivity contribution in [1.82, 2.24) is 5.32 Å². The van der Waals surface area contributed by atoms with Crippen LogP contribution in [0.25, 0.3) is 0 Å². The van der Waals surface area contributed by atoms with Gasteiger partial charge in [0.05, 0.1) is 13.2 Å². The van der Waals surface area contributed by atoms with Crippen molar-refractivity contribution in [1.29, 1.82) is 0 Å². The maximum atomic E-state index is 13.7. The predicted octanol–water partition coefficient (Wildman–Crippen LogP) is 1.46. The standard InChI is InChI=1S/C15H23FN2O3/c1-20-8-9-21-7-3-2-6-18-11-13-5-4-12(15(17)19)10-14(13)16/h4-5,10,18H,2-3,6-9,11H2,1H3,(H2,17,19). The third-order valence-corrected chi connectivity index (χ3v) is 2.98. The van der Waals surface area contributed by atoms with Gasteiger partial charge in [-0.2, -0.15) is 0 Å². The van der Waals surface area contributed by atoms with Crippen molar-refractivity contribution in [3.05, 3.63) is 35.1 Å². The molecule has 0 radical (unpaired) electrons. The molecular weight excluding hydrogens is 275 g/mol. The highest BCUT2D eigenvalue weighted by molar-refractivity contribution is 5.92. The van der Waals surface area contributed by atoms with Crippen molar-refractivity contribution in [2.45, 2.75) is 19.4 Å². The molecular formula is C15H23FN2O3. The number of primary amides is 1. The van der Waals surface area contributed by atoms with E-state index in [4.69, 9.17) is 15.2 Å². The molecule has 1 rings (SSSR count). The summed E-state index contributed by atoms with van der Waals surface area (Å²) in [5.74, 6) is -1.04. The van der Waals surface area contributed by atoms with Crippen molar-refractivity contribution in [3.63, 3.8) is 0 Å². The third kappa shape index (κ3) is 7.17. The number of ether oxygens (including phenoxy) is 2. The Morgan fingerprint density at radius 2 is 2.10 bits per heavy atom. The third-order valence-electron chi connectivity index (χ3n) is 2.98. The maximum absolute atomic E-state index is 13.7. The van der Waals surface area contributed by atoms with Crippen molar-refractivity contribution in [3.8, 4) is 0 Å². The zero-order valence-electron chi connectivity index (χ0n) is 12.4. The molecule has 0 saturated heterocycles. The summed E-state index contributed by atoms with van der Waals surface area (Å²) in [6, 6.07) is 4.28. The summed E-state index contributed by atoms with van der Waals surface area (Å²) in [5.41, 5.74) is 5.80. The zero-order chi connectivity index (χ0) is 15.5. The van der Waals surface area contributed by atoms with E-state index in [0.29, 0.717) is 31.9 Å². The number of benzene rings is 1. The van der Waals surface area contributed by atoms with E-state index >= 15 is 0 Å². The lowest BCUT2D eigenvalue weighted by atomic mass is 10.1. The summed E-state index contributed by atoms with van der Waals surface area (Å²) in [4.78, 5) is 10.9. The van der Waals surface area contributed by atoms with E-state index in [-0.39, 0.29) is 5.56 Å². The molecule has 0 fully saturated rings. The van der Waals surface area contributed by atoms with Crippen LogP contribution in [0.2, 0.25) is 0 Å². The van der Waals surface area contributed by atoms with Crippen LogP contribution in [-0.4, -0.2) is 39.4 Å². The molecule has 0 aliphatic heterocycles. The van der Waals surface area contributed by atoms with Crippen LogP contribution in [0.5, 0.6) is 0 Å². The van der Waals surface area contributed by atoms with Crippen LogP contribution in [0.4, 0.5) is 4.39 Å². The van der Waals surface area contributed by atoms with Crippen LogP contribution in [-0.2, 0) is 16.0 Å². The summed E-state index contributed by atoms with van der Waals surface area (Å²) in [5, 5.41) is 3.16. The molecule has 0 aliphatic carbocycles. The molecule has 1 amide bonds. The van der Waals surface area contributed by atoms with E-state index in [1.54, 1.807) is 13.2 Å². The van der Waals surface area contributed by atoms with Gasteiger partial charge in [-0.15, -0.1) is 0 Å². The molecule has 5 nitrogen and oxygen atoms in total. The lowest BCUT2D eigenvalue weighted by Crippen LogP contribution is -2.17. The molecule has 1 aromatic carbocycles. The Balaban J connectivity index is 2.14. The first-order valence-corrected chi connectivity index (χ1v) is 7.00. The van der Waals surface area contributed by atoms with Crippen LogP contribution in [0, 0.1) is 5.82 Å². The number of nitrogens with two attached hydrogens (primary N) is 1. The highest BCUT2D eigenvalue weighted by atomic mass is 19.1. The van der Waals surface area contributed by atoms with Gasteiger partial charge in [0.1, 0.15) is 5.82 Å². The minimum absolute atomic E-state index is 0.185. The number of methoxy groups -OCH3 is 1. The number of hydrogen-bond donors (Lipinski definition) is 2. The molecule has 3 N–H and O–H groups in total. The number of halogens is 1. The van der Waals surface area contributed by atoms with Crippen LogP contribution < -0.4 is 11.1 Å². The smallest absolute Gasteiger partial charge is 0.248 e. The Morgan fingerprint density at radius 3 is 2.76 bits per heavy atom. The second kappa shape index (κ2) is 10.3. The normalized spacial score (nSPS) is 10.8. The molecule has 0 spiro atoms. The van der Waals surface area contributed by atoms with Gasteiger partial charge in [-0.1, -0.05) is 6.07 Å². The number of carbonyl (C=O) groups excluding carboxylic acids is 1. The lowest BCUT2D eigenvalue weighted by molar-refractivity contribution is 0.0688. The van der Waals surface area contributed by atoms with E-state index in [9.17, 15) is 9.18 Å². The van der Waals surface area contributed by atoms with Gasteiger partial charge in [0.15, 0.2) is 0 Å². The van der Waals surface area contributed by atoms with Crippen LogP contribution in [0.3, 0.4) is 0 Å². The fourth-order valence-electron chi connectivity index (χ4n) is 1.77. The molecule has 0 unspecified atom stereocenters. The Morgan fingerprint density at radius 1 is 1.29 bits per heavy atom. The van der Waals surface area contributed by atoms with Gasteiger partial charge in [0.25, 0.3) is 0 Å². The average molecular weight is 298 g/mol. The molecule has 0 aromatic heterocycles. The number of amides is 1. The fourth-order valence-corrected chi connectivity index (χ4v) is 1.77. The van der Waals surface area contributed by atoms with E-state index in [2.05, 4.69) is 5.32 Å². The Labute approximate surface area is 124 Å². The summed E-state index contributed by atoms with van der Waals surface area (Å²) in [6.07, 6.45) is 1.90. The molecule has 1 aromatic rings. The van der Waals surface area contributed by atoms with Gasteiger partial charge in [-0.05, 0) is 31.5 Å². The van der Waals surface area contributed by atoms with Crippen LogP contribution in [0.15, 0.2) is 18.2 Å². The molecule has 21 heavy (non-hydrogen) atoms. The van der Waals surface area contributed by atoms with E-state index in [0.717, 1.165) is 19.4 Å². The monoisotopic (exact) mass is 298 g/mol. The van der Waals surface area contributed by atoms with Gasteiger partial charge in [0, 0.05) is 31.4 Å². The summed E-state index contributed by atoms with van der Waals surface area (Å²) in [6.45, 7) is 3.13. The number of unbranched alkanes of at least 4 members (excludes halogenated alkanes) is 1. The zero-order valence-corrected chi connectivity index (χ0v) is 12.4. The predicted molar refractivity (Wildman–Crippen MR) is 78.6 cm³/mol. The first kappa shape index (κ1) is 17.6. The first-order valence-electron chi connectivity index (χ1n) is 7.00. The van der Waals surface area contributed by atoms with Crippen molar-refractivity contribution in [2.24, 2.45) is 5.73 Å². The minimum atomic E-state index is -0.623. The largest absolute Gasteiger partial charge is 0.382 e. The van der Waals surface area contributed by atoms with Crippen molar-refractivity contribution in [2.75, 3.05) is 33.5 Å². The van der Waals surface area contributed by atoms with Gasteiger partial charge >= 0.3 is 0 Å². The number of hydrogen-bond acceptors (Lipinski definition) is 4. The molecule has 118 valence electrons. The summed E-state index contributed by atoms with van der Waals surface area (Å²) >= 11 is 0. The van der Waals surface area contributed by atoms with Gasteiger partial charge in [-0.25, -0.2) is 4.39 Å². The highest BCUT2D eigenvalue weighted by Gasteiger charge is 2.06. The molecule has 0 saturated carbocycles. The highest BCUT2D eigenvalue weighted by Crippen LogP contribution is 2.10. The second-order valence-electron chi connectivity index (χ2n) is 4.66. The molecule has 0 bridgehead atoms. The number of nitrogens with one attached hydrogen (secondary N) is 1. The average Bonchev–Trinajstić information content (AvgIpc) is 2.46. The van der Waals surface area contributed by atoms with Gasteiger partial charge < -0.3 is 20.5 Å². The Bertz CT molecular complexity index is 441. The first-order chi connectivity index (χ1) is 10.1. The van der Waals surface area contributed by atoms with E-state index in [1.165, 1.54) is 12.1 Å². The summed E-state index contributed by atoms with van der Waals surface area (Å²) in [7, 11) is 1.64. The van der Waals surface area contributed by atoms with Gasteiger partial charge in [-0.3, -0.25) is 4.79 Å². The van der Waals surface area contributed by atoms with Gasteiger partial charge in [0.2, 0.25) is 5.91 Å². The maximum Gasteiger partial charge on any atom is 0.248 e. The molecule has 0 aliphatic rings. The Kier molecular flexibility index (Phi) is 8.57. The molecule has 0 atom stereocenters. The number of carbonyl (C=O) groups is 1. The number of rotatable bonds is 11. The van der Waals surface area contributed by atoms with E-state index in [1.807, 2.05) is 0 Å².